The molecule has 1 heterocycles. The van der Waals surface area contributed by atoms with E-state index in [2.05, 4.69) is 10.1 Å². The lowest BCUT2D eigenvalue weighted by Gasteiger charge is -2.24. The molecule has 1 N–H and O–H groups in total. The monoisotopic (exact) mass is 317 g/mol. The van der Waals surface area contributed by atoms with Gasteiger partial charge in [-0.05, 0) is 31.0 Å². The standard InChI is InChI=1S/C13H16ClNO4S/c1-19-13(16)9-4-5-11(14)12(7-9)15-10-3-2-6-20(17,18)8-10/h4-5,7,10,15H,2-3,6,8H2,1H3. The third-order valence-electron chi connectivity index (χ3n) is 3.21. The van der Waals surface area contributed by atoms with Gasteiger partial charge in [-0.3, -0.25) is 0 Å². The molecular weight excluding hydrogens is 302 g/mol. The molecule has 110 valence electrons. The Hall–Kier alpha value is -1.27. The summed E-state index contributed by atoms with van der Waals surface area (Å²) in [6.07, 6.45) is 1.40. The molecule has 0 aromatic heterocycles. The Morgan fingerprint density at radius 2 is 2.20 bits per heavy atom. The van der Waals surface area contributed by atoms with Gasteiger partial charge in [0, 0.05) is 6.04 Å². The maximum Gasteiger partial charge on any atom is 0.337 e. The minimum atomic E-state index is -2.99. The average Bonchev–Trinajstić information content (AvgIpc) is 2.39. The minimum absolute atomic E-state index is 0.0891. The topological polar surface area (TPSA) is 72.5 Å². The molecule has 1 fully saturated rings. The largest absolute Gasteiger partial charge is 0.465 e. The number of hydrogen-bond donors (Lipinski definition) is 1. The van der Waals surface area contributed by atoms with Crippen LogP contribution < -0.4 is 5.32 Å². The summed E-state index contributed by atoms with van der Waals surface area (Å²) in [5.41, 5.74) is 0.926. The number of rotatable bonds is 3. The number of ether oxygens (including phenoxy) is 1. The summed E-state index contributed by atoms with van der Waals surface area (Å²) in [6, 6.07) is 4.55. The van der Waals surface area contributed by atoms with E-state index in [0.717, 1.165) is 6.42 Å². The van der Waals surface area contributed by atoms with Crippen molar-refractivity contribution in [3.63, 3.8) is 0 Å². The van der Waals surface area contributed by atoms with Crippen LogP contribution in [0.5, 0.6) is 0 Å². The molecule has 2 rings (SSSR count). The van der Waals surface area contributed by atoms with Gasteiger partial charge in [-0.15, -0.1) is 0 Å². The zero-order valence-electron chi connectivity index (χ0n) is 11.1. The van der Waals surface area contributed by atoms with Gasteiger partial charge >= 0.3 is 5.97 Å². The van der Waals surface area contributed by atoms with Crippen molar-refractivity contribution >= 4 is 33.1 Å². The van der Waals surface area contributed by atoms with Crippen LogP contribution in [0.1, 0.15) is 23.2 Å². The molecule has 1 aliphatic heterocycles. The second-order valence-corrected chi connectivity index (χ2v) is 7.42. The van der Waals surface area contributed by atoms with Gasteiger partial charge in [0.05, 0.1) is 34.9 Å². The maximum atomic E-state index is 11.6. The van der Waals surface area contributed by atoms with Crippen LogP contribution in [0.3, 0.4) is 0 Å². The van der Waals surface area contributed by atoms with Crippen molar-refractivity contribution in [1.29, 1.82) is 0 Å². The molecule has 20 heavy (non-hydrogen) atoms. The second kappa shape index (κ2) is 6.01. The normalized spacial score (nSPS) is 21.2. The zero-order chi connectivity index (χ0) is 14.8. The number of halogens is 1. The highest BCUT2D eigenvalue weighted by molar-refractivity contribution is 7.91. The number of nitrogens with one attached hydrogen (secondary N) is 1. The lowest BCUT2D eigenvalue weighted by atomic mass is 10.1. The van der Waals surface area contributed by atoms with E-state index in [4.69, 9.17) is 11.6 Å². The van der Waals surface area contributed by atoms with E-state index >= 15 is 0 Å². The Balaban J connectivity index is 2.18. The maximum absolute atomic E-state index is 11.6. The third kappa shape index (κ3) is 3.64. The van der Waals surface area contributed by atoms with Gasteiger partial charge in [0.2, 0.25) is 0 Å². The number of carbonyl (C=O) groups is 1. The summed E-state index contributed by atoms with van der Waals surface area (Å²) in [5, 5.41) is 3.55. The number of anilines is 1. The highest BCUT2D eigenvalue weighted by Gasteiger charge is 2.25. The highest BCUT2D eigenvalue weighted by Crippen LogP contribution is 2.26. The zero-order valence-corrected chi connectivity index (χ0v) is 12.6. The molecule has 1 aromatic carbocycles. The number of esters is 1. The summed E-state index contributed by atoms with van der Waals surface area (Å²) in [7, 11) is -1.69. The minimum Gasteiger partial charge on any atom is -0.465 e. The van der Waals surface area contributed by atoms with Crippen molar-refractivity contribution in [2.24, 2.45) is 0 Å². The molecule has 0 spiro atoms. The van der Waals surface area contributed by atoms with Gasteiger partial charge in [-0.2, -0.15) is 0 Å². The van der Waals surface area contributed by atoms with Gasteiger partial charge in [0.25, 0.3) is 0 Å². The number of carbonyl (C=O) groups excluding carboxylic acids is 1. The van der Waals surface area contributed by atoms with Gasteiger partial charge in [0.15, 0.2) is 9.84 Å². The highest BCUT2D eigenvalue weighted by atomic mass is 35.5. The summed E-state index contributed by atoms with van der Waals surface area (Å²) in [4.78, 5) is 11.5. The Bertz CT molecular complexity index is 615. The molecule has 1 aromatic rings. The fraction of sp³-hybridized carbons (Fsp3) is 0.462. The fourth-order valence-corrected chi connectivity index (χ4v) is 4.05. The smallest absolute Gasteiger partial charge is 0.337 e. The Morgan fingerprint density at radius 3 is 2.85 bits per heavy atom. The van der Waals surface area contributed by atoms with Gasteiger partial charge in [0.1, 0.15) is 0 Å². The second-order valence-electron chi connectivity index (χ2n) is 4.78. The van der Waals surface area contributed by atoms with Crippen molar-refractivity contribution in [3.8, 4) is 0 Å². The predicted molar refractivity (Wildman–Crippen MR) is 78.1 cm³/mol. The van der Waals surface area contributed by atoms with Crippen LogP contribution in [0.25, 0.3) is 0 Å². The number of benzene rings is 1. The van der Waals surface area contributed by atoms with Crippen molar-refractivity contribution in [1.82, 2.24) is 0 Å². The van der Waals surface area contributed by atoms with Gasteiger partial charge in [-0.25, -0.2) is 13.2 Å². The fourth-order valence-electron chi connectivity index (χ4n) is 2.24. The van der Waals surface area contributed by atoms with Crippen LogP contribution in [-0.4, -0.2) is 39.0 Å². The van der Waals surface area contributed by atoms with Crippen molar-refractivity contribution in [2.45, 2.75) is 18.9 Å². The van der Waals surface area contributed by atoms with Crippen molar-refractivity contribution in [2.75, 3.05) is 23.9 Å². The van der Waals surface area contributed by atoms with E-state index in [1.54, 1.807) is 18.2 Å². The van der Waals surface area contributed by atoms with Crippen LogP contribution in [-0.2, 0) is 14.6 Å². The van der Waals surface area contributed by atoms with Gasteiger partial charge < -0.3 is 10.1 Å². The van der Waals surface area contributed by atoms with E-state index in [1.807, 2.05) is 0 Å². The van der Waals surface area contributed by atoms with Crippen LogP contribution in [0, 0.1) is 0 Å². The predicted octanol–water partition coefficient (Wildman–Crippen LogP) is 2.12. The van der Waals surface area contributed by atoms with Crippen molar-refractivity contribution < 1.29 is 17.9 Å². The molecule has 0 aliphatic carbocycles. The summed E-state index contributed by atoms with van der Waals surface area (Å²) < 4.78 is 27.9. The SMILES string of the molecule is COC(=O)c1ccc(Cl)c(NC2CCCS(=O)(=O)C2)c1. The quantitative estimate of drug-likeness (QED) is 0.864. The molecule has 7 heteroatoms. The van der Waals surface area contributed by atoms with Crippen LogP contribution in [0.4, 0.5) is 5.69 Å². The van der Waals surface area contributed by atoms with E-state index in [1.165, 1.54) is 7.11 Å². The first kappa shape index (κ1) is 15.1. The molecule has 0 amide bonds. The number of sulfone groups is 1. The third-order valence-corrected chi connectivity index (χ3v) is 5.36. The van der Waals surface area contributed by atoms with Crippen LogP contribution in [0.15, 0.2) is 18.2 Å². The molecule has 0 bridgehead atoms. The molecule has 1 atom stereocenters. The Labute approximate surface area is 123 Å². The van der Waals surface area contributed by atoms with E-state index < -0.39 is 15.8 Å². The Morgan fingerprint density at radius 1 is 1.45 bits per heavy atom. The lowest BCUT2D eigenvalue weighted by molar-refractivity contribution is 0.0601. The van der Waals surface area contributed by atoms with Crippen molar-refractivity contribution in [3.05, 3.63) is 28.8 Å². The summed E-state index contributed by atoms with van der Waals surface area (Å²) >= 11 is 6.07. The summed E-state index contributed by atoms with van der Waals surface area (Å²) in [5.74, 6) is -0.131. The van der Waals surface area contributed by atoms with E-state index in [0.29, 0.717) is 22.7 Å². The van der Waals surface area contributed by atoms with Gasteiger partial charge in [-0.1, -0.05) is 11.6 Å². The summed E-state index contributed by atoms with van der Waals surface area (Å²) in [6.45, 7) is 0. The molecule has 1 unspecified atom stereocenters. The molecule has 5 nitrogen and oxygen atoms in total. The molecular formula is C13H16ClNO4S. The van der Waals surface area contributed by atoms with E-state index in [-0.39, 0.29) is 17.5 Å². The molecule has 0 radical (unpaired) electrons. The van der Waals surface area contributed by atoms with E-state index in [9.17, 15) is 13.2 Å². The molecule has 1 saturated heterocycles. The Kier molecular flexibility index (Phi) is 4.55. The molecule has 0 saturated carbocycles. The van der Waals surface area contributed by atoms with Crippen LogP contribution in [0.2, 0.25) is 5.02 Å². The first-order valence-corrected chi connectivity index (χ1v) is 8.46. The average molecular weight is 318 g/mol. The number of methoxy groups -OCH3 is 1. The first-order chi connectivity index (χ1) is 9.41. The first-order valence-electron chi connectivity index (χ1n) is 6.26. The lowest BCUT2D eigenvalue weighted by Crippen LogP contribution is -2.34. The number of hydrogen-bond acceptors (Lipinski definition) is 5. The van der Waals surface area contributed by atoms with Crippen LogP contribution >= 0.6 is 11.6 Å². The molecule has 1 aliphatic rings.